The predicted molar refractivity (Wildman–Crippen MR) is 116 cm³/mol. The van der Waals surface area contributed by atoms with Crippen molar-refractivity contribution >= 4 is 27.3 Å². The summed E-state index contributed by atoms with van der Waals surface area (Å²) in [5, 5.41) is 2.59. The lowest BCUT2D eigenvalue weighted by Crippen LogP contribution is -2.15. The Morgan fingerprint density at radius 1 is 0.875 bits per heavy atom. The Morgan fingerprint density at radius 2 is 1.44 bits per heavy atom. The number of nitrogens with one attached hydrogen (secondary N) is 2. The normalized spacial score (nSPS) is 11.1. The molecule has 0 bridgehead atoms. The first-order valence-corrected chi connectivity index (χ1v) is 11.0. The maximum atomic E-state index is 12.6. The van der Waals surface area contributed by atoms with E-state index in [9.17, 15) is 22.0 Å². The number of sulfonamides is 1. The summed E-state index contributed by atoms with van der Waals surface area (Å²) in [5.74, 6) is 0.102. The number of benzene rings is 3. The summed E-state index contributed by atoms with van der Waals surface area (Å²) in [6.45, 7) is -0.583. The number of carbonyl (C=O) groups is 1. The molecule has 32 heavy (non-hydrogen) atoms. The van der Waals surface area contributed by atoms with Gasteiger partial charge in [0.25, 0.3) is 15.9 Å². The van der Waals surface area contributed by atoms with Gasteiger partial charge in [0.1, 0.15) is 11.5 Å². The number of rotatable bonds is 9. The Morgan fingerprint density at radius 3 is 2.00 bits per heavy atom. The monoisotopic (exact) mass is 462 g/mol. The Kier molecular flexibility index (Phi) is 7.26. The molecule has 0 fully saturated rings. The van der Waals surface area contributed by atoms with Crippen molar-refractivity contribution in [1.82, 2.24) is 0 Å². The molecule has 3 aromatic carbocycles. The van der Waals surface area contributed by atoms with Gasteiger partial charge in [0, 0.05) is 16.9 Å². The van der Waals surface area contributed by atoms with Gasteiger partial charge in [0.15, 0.2) is 0 Å². The van der Waals surface area contributed by atoms with E-state index in [-0.39, 0.29) is 16.2 Å². The largest absolute Gasteiger partial charge is 0.494 e. The predicted octanol–water partition coefficient (Wildman–Crippen LogP) is 4.74. The third-order valence-corrected chi connectivity index (χ3v) is 5.58. The molecule has 0 atom stereocenters. The highest BCUT2D eigenvalue weighted by atomic mass is 32.2. The van der Waals surface area contributed by atoms with Crippen LogP contribution in [-0.4, -0.2) is 27.5 Å². The van der Waals surface area contributed by atoms with Gasteiger partial charge in [-0.25, -0.2) is 8.42 Å². The highest BCUT2D eigenvalue weighted by Gasteiger charge is 2.16. The van der Waals surface area contributed by atoms with Crippen LogP contribution < -0.4 is 19.5 Å². The third-order valence-electron chi connectivity index (χ3n) is 4.18. The molecule has 0 unspecified atom stereocenters. The lowest BCUT2D eigenvalue weighted by molar-refractivity contribution is -0.0498. The fourth-order valence-corrected chi connectivity index (χ4v) is 3.77. The van der Waals surface area contributed by atoms with Crippen LogP contribution in [-0.2, 0) is 10.0 Å². The third kappa shape index (κ3) is 6.17. The summed E-state index contributed by atoms with van der Waals surface area (Å²) < 4.78 is 61.6. The number of carbonyl (C=O) groups excluding carboxylic acids is 1. The zero-order valence-corrected chi connectivity index (χ0v) is 17.7. The van der Waals surface area contributed by atoms with E-state index in [1.165, 1.54) is 48.5 Å². The van der Waals surface area contributed by atoms with Crippen molar-refractivity contribution in [3.8, 4) is 11.5 Å². The van der Waals surface area contributed by atoms with E-state index in [4.69, 9.17) is 4.74 Å². The Labute approximate surface area is 184 Å². The molecule has 0 saturated heterocycles. The molecule has 0 aliphatic carbocycles. The van der Waals surface area contributed by atoms with Gasteiger partial charge in [-0.1, -0.05) is 0 Å². The van der Waals surface area contributed by atoms with Crippen LogP contribution in [0.2, 0.25) is 0 Å². The lowest BCUT2D eigenvalue weighted by Gasteiger charge is -2.10. The highest BCUT2D eigenvalue weighted by Crippen LogP contribution is 2.21. The smallest absolute Gasteiger partial charge is 0.387 e. The first-order chi connectivity index (χ1) is 15.3. The van der Waals surface area contributed by atoms with E-state index < -0.39 is 22.5 Å². The zero-order valence-electron chi connectivity index (χ0n) is 16.9. The van der Waals surface area contributed by atoms with Crippen LogP contribution in [0.1, 0.15) is 17.3 Å². The lowest BCUT2D eigenvalue weighted by atomic mass is 10.2. The highest BCUT2D eigenvalue weighted by molar-refractivity contribution is 7.92. The minimum Gasteiger partial charge on any atom is -0.494 e. The van der Waals surface area contributed by atoms with Gasteiger partial charge < -0.3 is 14.8 Å². The summed E-state index contributed by atoms with van der Waals surface area (Å²) in [5.41, 5.74) is 0.956. The van der Waals surface area contributed by atoms with Gasteiger partial charge >= 0.3 is 6.61 Å². The number of ether oxygens (including phenoxy) is 2. The summed E-state index contributed by atoms with van der Waals surface area (Å²) in [7, 11) is -3.85. The second kappa shape index (κ2) is 10.1. The van der Waals surface area contributed by atoms with Gasteiger partial charge in [-0.05, 0) is 79.7 Å². The van der Waals surface area contributed by atoms with Crippen LogP contribution in [0.4, 0.5) is 20.2 Å². The summed E-state index contributed by atoms with van der Waals surface area (Å²) in [6.07, 6.45) is 0. The van der Waals surface area contributed by atoms with Gasteiger partial charge in [-0.15, -0.1) is 0 Å². The van der Waals surface area contributed by atoms with Gasteiger partial charge in [0.05, 0.1) is 11.5 Å². The van der Waals surface area contributed by atoms with E-state index in [0.29, 0.717) is 23.7 Å². The van der Waals surface area contributed by atoms with Crippen LogP contribution in [0.3, 0.4) is 0 Å². The molecule has 0 radical (unpaired) electrons. The van der Waals surface area contributed by atoms with E-state index in [0.717, 1.165) is 0 Å². The number of halogens is 2. The first kappa shape index (κ1) is 23.0. The fraction of sp³-hybridized carbons (Fsp3) is 0.136. The molecule has 0 aliphatic rings. The molecule has 0 aromatic heterocycles. The minimum atomic E-state index is -3.85. The molecule has 168 valence electrons. The molecular weight excluding hydrogens is 442 g/mol. The van der Waals surface area contributed by atoms with E-state index in [2.05, 4.69) is 14.8 Å². The zero-order chi connectivity index (χ0) is 23.1. The molecule has 0 spiro atoms. The molecule has 0 saturated carbocycles. The fourth-order valence-electron chi connectivity index (χ4n) is 2.71. The van der Waals surface area contributed by atoms with Gasteiger partial charge in [-0.2, -0.15) is 8.78 Å². The van der Waals surface area contributed by atoms with Crippen molar-refractivity contribution < 1.29 is 31.5 Å². The SMILES string of the molecule is CCOc1ccc(NS(=O)(=O)c2ccc(C(=O)Nc3ccc(OC(F)F)cc3)cc2)cc1. The van der Waals surface area contributed by atoms with E-state index >= 15 is 0 Å². The summed E-state index contributed by atoms with van der Waals surface area (Å²) >= 11 is 0. The molecule has 2 N–H and O–H groups in total. The maximum absolute atomic E-state index is 12.6. The molecule has 10 heteroatoms. The molecular formula is C22H20F2N2O5S. The van der Waals surface area contributed by atoms with Crippen LogP contribution in [0.15, 0.2) is 77.7 Å². The summed E-state index contributed by atoms with van der Waals surface area (Å²) in [4.78, 5) is 12.4. The van der Waals surface area contributed by atoms with Gasteiger partial charge in [0.2, 0.25) is 0 Å². The van der Waals surface area contributed by atoms with Crippen molar-refractivity contribution in [2.45, 2.75) is 18.4 Å². The van der Waals surface area contributed by atoms with E-state index in [1.807, 2.05) is 6.92 Å². The molecule has 0 aliphatic heterocycles. The number of hydrogen-bond donors (Lipinski definition) is 2. The van der Waals surface area contributed by atoms with Gasteiger partial charge in [-0.3, -0.25) is 9.52 Å². The Bertz CT molecular complexity index is 1150. The molecule has 0 heterocycles. The van der Waals surface area contributed by atoms with Crippen LogP contribution >= 0.6 is 0 Å². The average Bonchev–Trinajstić information content (AvgIpc) is 2.76. The number of anilines is 2. The number of hydrogen-bond acceptors (Lipinski definition) is 5. The van der Waals surface area contributed by atoms with Crippen molar-refractivity contribution in [1.29, 1.82) is 0 Å². The molecule has 1 amide bonds. The second-order valence-corrected chi connectivity index (χ2v) is 8.13. The first-order valence-electron chi connectivity index (χ1n) is 9.49. The molecule has 3 aromatic rings. The Hall–Kier alpha value is -3.66. The molecule has 3 rings (SSSR count). The van der Waals surface area contributed by atoms with Crippen molar-refractivity contribution in [3.05, 3.63) is 78.4 Å². The molecule has 7 nitrogen and oxygen atoms in total. The number of alkyl halides is 2. The Balaban J connectivity index is 1.64. The quantitative estimate of drug-likeness (QED) is 0.479. The van der Waals surface area contributed by atoms with Crippen LogP contribution in [0.5, 0.6) is 11.5 Å². The second-order valence-electron chi connectivity index (χ2n) is 6.44. The minimum absolute atomic E-state index is 0.0172. The van der Waals surface area contributed by atoms with Crippen LogP contribution in [0, 0.1) is 0 Å². The van der Waals surface area contributed by atoms with Crippen LogP contribution in [0.25, 0.3) is 0 Å². The maximum Gasteiger partial charge on any atom is 0.387 e. The van der Waals surface area contributed by atoms with Crippen molar-refractivity contribution in [3.63, 3.8) is 0 Å². The topological polar surface area (TPSA) is 93.7 Å². The number of amides is 1. The van der Waals surface area contributed by atoms with E-state index in [1.54, 1.807) is 24.3 Å². The standard InChI is InChI=1S/C22H20F2N2O5S/c1-2-30-18-9-7-17(8-10-18)26-32(28,29)20-13-3-15(4-14-20)21(27)25-16-5-11-19(12-6-16)31-22(23)24/h3-14,22,26H,2H2,1H3,(H,25,27). The average molecular weight is 462 g/mol. The summed E-state index contributed by atoms with van der Waals surface area (Å²) in [6, 6.07) is 17.3. The van der Waals surface area contributed by atoms with Crippen molar-refractivity contribution in [2.24, 2.45) is 0 Å². The van der Waals surface area contributed by atoms with Crippen molar-refractivity contribution in [2.75, 3.05) is 16.6 Å².